The molecule has 0 aromatic heterocycles. The second-order valence-corrected chi connectivity index (χ2v) is 4.56. The average molecular weight is 296 g/mol. The minimum atomic E-state index is -0.751. The van der Waals surface area contributed by atoms with E-state index in [9.17, 15) is 4.79 Å². The molecule has 0 heterocycles. The van der Waals surface area contributed by atoms with Gasteiger partial charge in [0.1, 0.15) is 17.6 Å². The number of nitrogens with one attached hydrogen (secondary N) is 1. The van der Waals surface area contributed by atoms with Gasteiger partial charge in [-0.15, -0.1) is 0 Å². The van der Waals surface area contributed by atoms with E-state index in [1.165, 1.54) is 7.11 Å². The molecule has 0 saturated heterocycles. The summed E-state index contributed by atoms with van der Waals surface area (Å²) < 4.78 is 10.8. The predicted molar refractivity (Wildman–Crippen MR) is 82.9 cm³/mol. The largest absolute Gasteiger partial charge is 0.495 e. The zero-order chi connectivity index (χ0) is 15.9. The lowest BCUT2D eigenvalue weighted by atomic mass is 10.2. The van der Waals surface area contributed by atoms with Gasteiger partial charge < -0.3 is 14.8 Å². The number of carbonyl (C=O) groups is 1. The van der Waals surface area contributed by atoms with Gasteiger partial charge in [-0.1, -0.05) is 24.3 Å². The summed E-state index contributed by atoms with van der Waals surface area (Å²) in [4.78, 5) is 12.2. The fourth-order valence-corrected chi connectivity index (χ4v) is 1.89. The Morgan fingerprint density at radius 1 is 1.14 bits per heavy atom. The number of nitriles is 1. The first-order valence-electron chi connectivity index (χ1n) is 6.75. The molecule has 1 atom stereocenters. The van der Waals surface area contributed by atoms with Gasteiger partial charge in [0.15, 0.2) is 6.10 Å². The molecule has 1 N–H and O–H groups in total. The second-order valence-electron chi connectivity index (χ2n) is 4.56. The van der Waals surface area contributed by atoms with Gasteiger partial charge >= 0.3 is 0 Å². The Morgan fingerprint density at radius 2 is 1.77 bits per heavy atom. The number of ether oxygens (including phenoxy) is 2. The maximum absolute atomic E-state index is 12.2. The molecule has 0 aliphatic carbocycles. The van der Waals surface area contributed by atoms with E-state index in [1.54, 1.807) is 49.4 Å². The van der Waals surface area contributed by atoms with Gasteiger partial charge in [-0.2, -0.15) is 5.26 Å². The third kappa shape index (κ3) is 3.55. The van der Waals surface area contributed by atoms with Crippen LogP contribution in [0.2, 0.25) is 0 Å². The Hall–Kier alpha value is -3.00. The standard InChI is InChI=1S/C17H16N2O3/c1-12(22-15-9-5-3-7-13(15)11-18)17(20)19-14-8-4-6-10-16(14)21-2/h3-10,12H,1-2H3,(H,19,20)/t12-/m1/s1. The quantitative estimate of drug-likeness (QED) is 0.920. The molecule has 0 unspecified atom stereocenters. The summed E-state index contributed by atoms with van der Waals surface area (Å²) in [6.07, 6.45) is -0.751. The number of hydrogen-bond donors (Lipinski definition) is 1. The van der Waals surface area contributed by atoms with Crippen molar-refractivity contribution in [1.82, 2.24) is 0 Å². The van der Waals surface area contributed by atoms with E-state index in [0.717, 1.165) is 0 Å². The Balaban J connectivity index is 2.08. The van der Waals surface area contributed by atoms with Gasteiger partial charge in [-0.05, 0) is 31.2 Å². The minimum absolute atomic E-state index is 0.322. The van der Waals surface area contributed by atoms with Gasteiger partial charge in [0.25, 0.3) is 5.91 Å². The number of rotatable bonds is 5. The molecule has 0 spiro atoms. The van der Waals surface area contributed by atoms with Crippen LogP contribution in [-0.4, -0.2) is 19.1 Å². The highest BCUT2D eigenvalue weighted by Crippen LogP contribution is 2.24. The molecule has 112 valence electrons. The van der Waals surface area contributed by atoms with Crippen LogP contribution in [0.25, 0.3) is 0 Å². The van der Waals surface area contributed by atoms with Gasteiger partial charge in [0.05, 0.1) is 18.4 Å². The van der Waals surface area contributed by atoms with Crippen LogP contribution < -0.4 is 14.8 Å². The van der Waals surface area contributed by atoms with E-state index in [-0.39, 0.29) is 5.91 Å². The number of nitrogens with zero attached hydrogens (tertiary/aromatic N) is 1. The highest BCUT2D eigenvalue weighted by molar-refractivity contribution is 5.95. The number of para-hydroxylation sites is 3. The van der Waals surface area contributed by atoms with E-state index < -0.39 is 6.10 Å². The summed E-state index contributed by atoms with van der Waals surface area (Å²) in [6, 6.07) is 15.9. The predicted octanol–water partition coefficient (Wildman–Crippen LogP) is 2.97. The number of carbonyl (C=O) groups excluding carboxylic acids is 1. The molecule has 0 bridgehead atoms. The summed E-state index contributed by atoms with van der Waals surface area (Å²) >= 11 is 0. The van der Waals surface area contributed by atoms with Crippen LogP contribution in [0.1, 0.15) is 12.5 Å². The van der Waals surface area contributed by atoms with E-state index in [4.69, 9.17) is 14.7 Å². The molecule has 0 radical (unpaired) electrons. The first-order chi connectivity index (χ1) is 10.7. The summed E-state index contributed by atoms with van der Waals surface area (Å²) in [5.41, 5.74) is 0.957. The SMILES string of the molecule is COc1ccccc1NC(=O)[C@@H](C)Oc1ccccc1C#N. The smallest absolute Gasteiger partial charge is 0.265 e. The molecule has 2 rings (SSSR count). The number of anilines is 1. The second kappa shape index (κ2) is 7.14. The van der Waals surface area contributed by atoms with Crippen molar-refractivity contribution in [3.8, 4) is 17.6 Å². The first-order valence-corrected chi connectivity index (χ1v) is 6.75. The summed E-state index contributed by atoms with van der Waals surface area (Å²) in [6.45, 7) is 1.62. The number of hydrogen-bond acceptors (Lipinski definition) is 4. The van der Waals surface area contributed by atoms with Crippen LogP contribution in [0.15, 0.2) is 48.5 Å². The summed E-state index contributed by atoms with van der Waals surface area (Å²) in [5, 5.41) is 11.8. The highest BCUT2D eigenvalue weighted by atomic mass is 16.5. The monoisotopic (exact) mass is 296 g/mol. The lowest BCUT2D eigenvalue weighted by Crippen LogP contribution is -2.30. The molecule has 22 heavy (non-hydrogen) atoms. The van der Waals surface area contributed by atoms with Gasteiger partial charge in [0, 0.05) is 0 Å². The molecule has 2 aromatic rings. The molecule has 0 fully saturated rings. The highest BCUT2D eigenvalue weighted by Gasteiger charge is 2.17. The van der Waals surface area contributed by atoms with E-state index in [1.807, 2.05) is 12.1 Å². The molecule has 0 saturated carbocycles. The van der Waals surface area contributed by atoms with Crippen LogP contribution in [0, 0.1) is 11.3 Å². The minimum Gasteiger partial charge on any atom is -0.495 e. The lowest BCUT2D eigenvalue weighted by Gasteiger charge is -2.16. The Bertz CT molecular complexity index is 707. The van der Waals surface area contributed by atoms with E-state index in [0.29, 0.717) is 22.7 Å². The van der Waals surface area contributed by atoms with Gasteiger partial charge in [0.2, 0.25) is 0 Å². The van der Waals surface area contributed by atoms with Crippen LogP contribution in [0.4, 0.5) is 5.69 Å². The average Bonchev–Trinajstić information content (AvgIpc) is 2.55. The fraction of sp³-hybridized carbons (Fsp3) is 0.176. The normalized spacial score (nSPS) is 11.1. The van der Waals surface area contributed by atoms with Gasteiger partial charge in [-0.3, -0.25) is 4.79 Å². The van der Waals surface area contributed by atoms with Crippen molar-refractivity contribution in [2.45, 2.75) is 13.0 Å². The molecule has 1 amide bonds. The Kier molecular flexibility index (Phi) is 4.99. The molecule has 2 aromatic carbocycles. The van der Waals surface area contributed by atoms with Crippen molar-refractivity contribution in [3.05, 3.63) is 54.1 Å². The van der Waals surface area contributed by atoms with Crippen molar-refractivity contribution in [3.63, 3.8) is 0 Å². The van der Waals surface area contributed by atoms with Crippen molar-refractivity contribution in [1.29, 1.82) is 5.26 Å². The summed E-state index contributed by atoms with van der Waals surface area (Å²) in [5.74, 6) is 0.630. The van der Waals surface area contributed by atoms with E-state index in [2.05, 4.69) is 5.32 Å². The zero-order valence-electron chi connectivity index (χ0n) is 12.4. The fourth-order valence-electron chi connectivity index (χ4n) is 1.89. The lowest BCUT2D eigenvalue weighted by molar-refractivity contribution is -0.122. The third-order valence-electron chi connectivity index (χ3n) is 3.05. The topological polar surface area (TPSA) is 71.3 Å². The van der Waals surface area contributed by atoms with Crippen LogP contribution in [0.5, 0.6) is 11.5 Å². The molecular weight excluding hydrogens is 280 g/mol. The first kappa shape index (κ1) is 15.4. The third-order valence-corrected chi connectivity index (χ3v) is 3.05. The molecule has 0 aliphatic heterocycles. The van der Waals surface area contributed by atoms with Crippen LogP contribution in [0.3, 0.4) is 0 Å². The van der Waals surface area contributed by atoms with Crippen molar-refractivity contribution in [2.24, 2.45) is 0 Å². The van der Waals surface area contributed by atoms with Crippen LogP contribution >= 0.6 is 0 Å². The Morgan fingerprint density at radius 3 is 2.45 bits per heavy atom. The van der Waals surface area contributed by atoms with Gasteiger partial charge in [-0.25, -0.2) is 0 Å². The number of methoxy groups -OCH3 is 1. The molecule has 0 aliphatic rings. The number of amides is 1. The molecule has 5 heteroatoms. The van der Waals surface area contributed by atoms with Crippen molar-refractivity contribution in [2.75, 3.05) is 12.4 Å². The van der Waals surface area contributed by atoms with Crippen LogP contribution in [-0.2, 0) is 4.79 Å². The van der Waals surface area contributed by atoms with Crippen molar-refractivity contribution < 1.29 is 14.3 Å². The maximum atomic E-state index is 12.2. The Labute approximate surface area is 129 Å². The molecule has 5 nitrogen and oxygen atoms in total. The zero-order valence-corrected chi connectivity index (χ0v) is 12.4. The van der Waals surface area contributed by atoms with E-state index >= 15 is 0 Å². The van der Waals surface area contributed by atoms with Crippen molar-refractivity contribution >= 4 is 11.6 Å². The maximum Gasteiger partial charge on any atom is 0.265 e. The molecular formula is C17H16N2O3. The summed E-state index contributed by atoms with van der Waals surface area (Å²) in [7, 11) is 1.54. The number of benzene rings is 2.